The number of ether oxygens (including phenoxy) is 3. The molecule has 2 heterocycles. The van der Waals surface area contributed by atoms with Gasteiger partial charge >= 0.3 is 0 Å². The van der Waals surface area contributed by atoms with Crippen molar-refractivity contribution < 1.29 is 19.3 Å². The molecule has 8 rings (SSSR count). The van der Waals surface area contributed by atoms with Crippen LogP contribution in [0.25, 0.3) is 28.0 Å². The van der Waals surface area contributed by atoms with Gasteiger partial charge in [0.15, 0.2) is 5.60 Å². The third kappa shape index (κ3) is 4.63. The van der Waals surface area contributed by atoms with Gasteiger partial charge in [0.25, 0.3) is 0 Å². The number of hydrogen-bond donors (Lipinski definition) is 1. The van der Waals surface area contributed by atoms with Gasteiger partial charge in [-0.05, 0) is 77.2 Å². The summed E-state index contributed by atoms with van der Waals surface area (Å²) in [7, 11) is 1.78. The van der Waals surface area contributed by atoms with Crippen LogP contribution >= 0.6 is 0 Å². The highest BCUT2D eigenvalue weighted by molar-refractivity contribution is 6.10. The number of nitrogens with zero attached hydrogens (tertiary/aromatic N) is 1. The first-order valence-corrected chi connectivity index (χ1v) is 16.8. The third-order valence-electron chi connectivity index (χ3n) is 10.4. The van der Waals surface area contributed by atoms with Gasteiger partial charge in [-0.2, -0.15) is 0 Å². The Morgan fingerprint density at radius 2 is 1.55 bits per heavy atom. The lowest BCUT2D eigenvalue weighted by molar-refractivity contribution is 0.163. The Hall–Kier alpha value is -4.74. The molecule has 5 heteroatoms. The average molecular weight is 624 g/mol. The Morgan fingerprint density at radius 3 is 2.30 bits per heavy atom. The van der Waals surface area contributed by atoms with Crippen molar-refractivity contribution in [3.63, 3.8) is 0 Å². The van der Waals surface area contributed by atoms with Crippen molar-refractivity contribution in [1.82, 2.24) is 0 Å². The quantitative estimate of drug-likeness (QED) is 0.196. The first-order valence-electron chi connectivity index (χ1n) is 16.8. The molecule has 1 fully saturated rings. The molecular weight excluding hydrogens is 582 g/mol. The summed E-state index contributed by atoms with van der Waals surface area (Å²) >= 11 is 0. The summed E-state index contributed by atoms with van der Waals surface area (Å²) in [6, 6.07) is 32.0. The molecule has 238 valence electrons. The van der Waals surface area contributed by atoms with Crippen molar-refractivity contribution in [1.29, 1.82) is 0 Å². The largest absolute Gasteiger partial charge is 0.495 e. The SMILES string of the molecule is COc1cc2c3c(c4c(c2cc1N1CCCCC1)-c1ccccc1C4(C)C)C=CC(c1ccccc1)(c1ccc(OCCO)cc1)O3. The number of aliphatic hydroxyl groups excluding tert-OH is 1. The zero-order chi connectivity index (χ0) is 32.2. The smallest absolute Gasteiger partial charge is 0.178 e. The lowest BCUT2D eigenvalue weighted by Gasteiger charge is -2.39. The molecule has 0 spiro atoms. The zero-order valence-electron chi connectivity index (χ0n) is 27.4. The molecule has 0 bridgehead atoms. The number of benzene rings is 5. The maximum atomic E-state index is 9.28. The van der Waals surface area contributed by atoms with Gasteiger partial charge in [-0.25, -0.2) is 0 Å². The summed E-state index contributed by atoms with van der Waals surface area (Å²) in [4.78, 5) is 2.50. The molecule has 0 amide bonds. The molecular formula is C42H41NO4. The second kappa shape index (κ2) is 11.5. The zero-order valence-corrected chi connectivity index (χ0v) is 27.4. The van der Waals surface area contributed by atoms with Gasteiger partial charge in [0, 0.05) is 40.6 Å². The number of rotatable bonds is 7. The Balaban J connectivity index is 1.41. The van der Waals surface area contributed by atoms with E-state index in [1.807, 2.05) is 18.2 Å². The minimum atomic E-state index is -0.876. The number of hydrogen-bond acceptors (Lipinski definition) is 5. The lowest BCUT2D eigenvalue weighted by Crippen LogP contribution is -2.35. The summed E-state index contributed by atoms with van der Waals surface area (Å²) in [5, 5.41) is 11.5. The van der Waals surface area contributed by atoms with Crippen molar-refractivity contribution in [3.8, 4) is 28.4 Å². The summed E-state index contributed by atoms with van der Waals surface area (Å²) in [6.07, 6.45) is 8.16. The van der Waals surface area contributed by atoms with E-state index in [1.165, 1.54) is 46.9 Å². The Morgan fingerprint density at radius 1 is 0.830 bits per heavy atom. The predicted molar refractivity (Wildman–Crippen MR) is 190 cm³/mol. The maximum absolute atomic E-state index is 9.28. The highest BCUT2D eigenvalue weighted by Crippen LogP contribution is 2.59. The van der Waals surface area contributed by atoms with Crippen molar-refractivity contribution in [2.45, 2.75) is 44.1 Å². The first-order chi connectivity index (χ1) is 23.0. The van der Waals surface area contributed by atoms with E-state index in [2.05, 4.69) is 104 Å². The molecule has 2 aliphatic heterocycles. The van der Waals surface area contributed by atoms with E-state index in [-0.39, 0.29) is 18.6 Å². The minimum absolute atomic E-state index is 0.0289. The fourth-order valence-electron chi connectivity index (χ4n) is 8.14. The highest BCUT2D eigenvalue weighted by atomic mass is 16.5. The van der Waals surface area contributed by atoms with Gasteiger partial charge < -0.3 is 24.2 Å². The van der Waals surface area contributed by atoms with Crippen LogP contribution in [0.3, 0.4) is 0 Å². The normalized spacial score (nSPS) is 19.1. The van der Waals surface area contributed by atoms with E-state index in [9.17, 15) is 5.11 Å². The predicted octanol–water partition coefficient (Wildman–Crippen LogP) is 8.87. The number of methoxy groups -OCH3 is 1. The molecule has 3 aliphatic rings. The number of fused-ring (bicyclic) bond motifs is 8. The van der Waals surface area contributed by atoms with Crippen molar-refractivity contribution in [2.24, 2.45) is 0 Å². The van der Waals surface area contributed by atoms with E-state index in [4.69, 9.17) is 14.2 Å². The number of aliphatic hydroxyl groups is 1. The highest BCUT2D eigenvalue weighted by Gasteiger charge is 2.44. The molecule has 1 saturated heterocycles. The fourth-order valence-corrected chi connectivity index (χ4v) is 8.14. The summed E-state index contributed by atoms with van der Waals surface area (Å²) < 4.78 is 19.4. The van der Waals surface area contributed by atoms with Gasteiger partial charge in [-0.15, -0.1) is 0 Å². The Labute approximate surface area is 277 Å². The minimum Gasteiger partial charge on any atom is -0.495 e. The molecule has 5 nitrogen and oxygen atoms in total. The Bertz CT molecular complexity index is 1990. The standard InChI is InChI=1S/C42H41NO4/c1-41(2)35-15-9-8-14-31(35)38-33-26-36(43-22-10-5-11-23-43)37(45-3)27-34(33)40-32(39(38)41)20-21-42(47-40,28-12-6-4-7-13-28)29-16-18-30(19-17-29)46-25-24-44/h4,6-9,12-21,26-27,44H,5,10-11,22-25H2,1-3H3. The van der Waals surface area contributed by atoms with Crippen molar-refractivity contribution in [3.05, 3.63) is 125 Å². The van der Waals surface area contributed by atoms with Crippen LogP contribution in [-0.4, -0.2) is 38.5 Å². The van der Waals surface area contributed by atoms with E-state index in [1.54, 1.807) is 7.11 Å². The van der Waals surface area contributed by atoms with Gasteiger partial charge in [0.1, 0.15) is 23.9 Å². The summed E-state index contributed by atoms with van der Waals surface area (Å²) in [5.41, 5.74) is 8.45. The van der Waals surface area contributed by atoms with E-state index < -0.39 is 5.60 Å². The van der Waals surface area contributed by atoms with Crippen LogP contribution in [0.15, 0.2) is 97.1 Å². The second-order valence-electron chi connectivity index (χ2n) is 13.4. The molecule has 1 atom stereocenters. The molecule has 47 heavy (non-hydrogen) atoms. The van der Waals surface area contributed by atoms with Crippen LogP contribution < -0.4 is 19.1 Å². The average Bonchev–Trinajstić information content (AvgIpc) is 3.37. The molecule has 0 saturated carbocycles. The van der Waals surface area contributed by atoms with Crippen molar-refractivity contribution >= 4 is 22.5 Å². The van der Waals surface area contributed by atoms with Crippen LogP contribution in [0.5, 0.6) is 17.2 Å². The molecule has 5 aromatic carbocycles. The first kappa shape index (κ1) is 29.6. The van der Waals surface area contributed by atoms with Crippen LogP contribution in [0, 0.1) is 0 Å². The van der Waals surface area contributed by atoms with Gasteiger partial charge in [0.05, 0.1) is 19.4 Å². The molecule has 1 unspecified atom stereocenters. The molecule has 0 radical (unpaired) electrons. The second-order valence-corrected chi connectivity index (χ2v) is 13.4. The maximum Gasteiger partial charge on any atom is 0.178 e. The van der Waals surface area contributed by atoms with E-state index in [0.29, 0.717) is 5.75 Å². The monoisotopic (exact) mass is 623 g/mol. The molecule has 0 aromatic heterocycles. The van der Waals surface area contributed by atoms with Crippen LogP contribution in [0.4, 0.5) is 5.69 Å². The van der Waals surface area contributed by atoms with Crippen LogP contribution in [-0.2, 0) is 11.0 Å². The summed E-state index contributed by atoms with van der Waals surface area (Å²) in [6.45, 7) is 6.98. The molecule has 1 aliphatic carbocycles. The molecule has 5 aromatic rings. The summed E-state index contributed by atoms with van der Waals surface area (Å²) in [5.74, 6) is 2.46. The van der Waals surface area contributed by atoms with Gasteiger partial charge in [-0.3, -0.25) is 0 Å². The van der Waals surface area contributed by atoms with E-state index >= 15 is 0 Å². The van der Waals surface area contributed by atoms with Crippen LogP contribution in [0.2, 0.25) is 0 Å². The lowest BCUT2D eigenvalue weighted by atomic mass is 9.76. The fraction of sp³-hybridized carbons (Fsp3) is 0.286. The molecule has 1 N–H and O–H groups in total. The number of anilines is 1. The third-order valence-corrected chi connectivity index (χ3v) is 10.4. The number of piperidine rings is 1. The van der Waals surface area contributed by atoms with Gasteiger partial charge in [-0.1, -0.05) is 86.7 Å². The van der Waals surface area contributed by atoms with Crippen LogP contribution in [0.1, 0.15) is 60.9 Å². The van der Waals surface area contributed by atoms with E-state index in [0.717, 1.165) is 52.4 Å². The van der Waals surface area contributed by atoms with Crippen molar-refractivity contribution in [2.75, 3.05) is 38.3 Å². The van der Waals surface area contributed by atoms with Gasteiger partial charge in [0.2, 0.25) is 0 Å². The topological polar surface area (TPSA) is 51.2 Å². The Kier molecular flexibility index (Phi) is 7.25.